The molecule has 1 atom stereocenters. The quantitative estimate of drug-likeness (QED) is 0.478. The molecule has 7 nitrogen and oxygen atoms in total. The summed E-state index contributed by atoms with van der Waals surface area (Å²) in [5.41, 5.74) is 2.09. The fourth-order valence-electron chi connectivity index (χ4n) is 4.30. The lowest BCUT2D eigenvalue weighted by Gasteiger charge is -2.32. The van der Waals surface area contributed by atoms with E-state index in [1.54, 1.807) is 22.1 Å². The highest BCUT2D eigenvalue weighted by atomic mass is 32.1. The fraction of sp³-hybridized carbons (Fsp3) is 0.280. The minimum Gasteiger partial charge on any atom is -0.351 e. The molecule has 33 heavy (non-hydrogen) atoms. The van der Waals surface area contributed by atoms with Crippen LogP contribution in [0.5, 0.6) is 0 Å². The molecule has 4 aromatic rings. The van der Waals surface area contributed by atoms with Crippen LogP contribution in [0.2, 0.25) is 0 Å². The molecule has 0 spiro atoms. The number of nitrogens with zero attached hydrogens (tertiary/aromatic N) is 4. The zero-order valence-corrected chi connectivity index (χ0v) is 19.0. The Bertz CT molecular complexity index is 1300. The number of pyridine rings is 1. The van der Waals surface area contributed by atoms with Gasteiger partial charge in [-0.25, -0.2) is 9.97 Å². The molecule has 0 radical (unpaired) electrons. The second-order valence-corrected chi connectivity index (χ2v) is 9.27. The third-order valence-electron chi connectivity index (χ3n) is 5.98. The fourth-order valence-corrected chi connectivity index (χ4v) is 4.94. The molecule has 1 fully saturated rings. The van der Waals surface area contributed by atoms with Crippen molar-refractivity contribution < 1.29 is 4.79 Å². The van der Waals surface area contributed by atoms with Gasteiger partial charge in [-0.15, -0.1) is 11.3 Å². The van der Waals surface area contributed by atoms with Crippen LogP contribution < -0.4 is 15.8 Å². The lowest BCUT2D eigenvalue weighted by Crippen LogP contribution is -2.45. The van der Waals surface area contributed by atoms with E-state index < -0.39 is 0 Å². The minimum absolute atomic E-state index is 0.0279. The number of nitrogens with one attached hydrogen (secondary N) is 1. The van der Waals surface area contributed by atoms with Crippen LogP contribution in [-0.2, 0) is 17.9 Å². The molecule has 1 aliphatic rings. The number of fused-ring (bicyclic) bond motifs is 1. The normalized spacial score (nSPS) is 16.1. The van der Waals surface area contributed by atoms with Gasteiger partial charge in [0.2, 0.25) is 5.91 Å². The van der Waals surface area contributed by atoms with E-state index in [1.807, 2.05) is 64.9 Å². The van der Waals surface area contributed by atoms with Crippen molar-refractivity contribution in [2.75, 3.05) is 18.0 Å². The molecule has 0 saturated carbocycles. The Kier molecular flexibility index (Phi) is 6.17. The average Bonchev–Trinajstić information content (AvgIpc) is 3.38. The molecule has 1 N–H and O–H groups in total. The van der Waals surface area contributed by atoms with Crippen molar-refractivity contribution in [3.05, 3.63) is 87.0 Å². The van der Waals surface area contributed by atoms with E-state index in [9.17, 15) is 9.59 Å². The van der Waals surface area contributed by atoms with Crippen molar-refractivity contribution >= 4 is 34.2 Å². The number of aromatic nitrogens is 3. The first kappa shape index (κ1) is 21.3. The van der Waals surface area contributed by atoms with Crippen molar-refractivity contribution in [3.63, 3.8) is 0 Å². The first-order chi connectivity index (χ1) is 16.2. The zero-order chi connectivity index (χ0) is 22.6. The number of anilines is 1. The van der Waals surface area contributed by atoms with Crippen LogP contribution >= 0.6 is 11.3 Å². The second kappa shape index (κ2) is 9.54. The summed E-state index contributed by atoms with van der Waals surface area (Å²) in [7, 11) is 0. The summed E-state index contributed by atoms with van der Waals surface area (Å²) < 4.78 is 1.69. The number of carbonyl (C=O) groups is 1. The Hall–Kier alpha value is -3.52. The zero-order valence-electron chi connectivity index (χ0n) is 18.2. The number of benzene rings is 1. The molecule has 168 valence electrons. The Morgan fingerprint density at radius 2 is 2.00 bits per heavy atom. The van der Waals surface area contributed by atoms with Gasteiger partial charge in [-0.3, -0.25) is 14.2 Å². The van der Waals surface area contributed by atoms with Gasteiger partial charge in [0.1, 0.15) is 5.52 Å². The number of hydrogen-bond acceptors (Lipinski definition) is 6. The van der Waals surface area contributed by atoms with Crippen LogP contribution in [0, 0.1) is 5.92 Å². The van der Waals surface area contributed by atoms with Crippen LogP contribution in [0.25, 0.3) is 11.2 Å². The SMILES string of the molecule is O=C(NCc1cccs1)C1CCCN(c2nc3cccnc3n(Cc3ccccc3)c2=O)C1. The molecule has 1 saturated heterocycles. The molecule has 4 heterocycles. The number of carbonyl (C=O) groups excluding carboxylic acids is 1. The minimum atomic E-state index is -0.176. The van der Waals surface area contributed by atoms with Crippen LogP contribution in [0.4, 0.5) is 5.82 Å². The molecule has 3 aromatic heterocycles. The molecule has 1 aliphatic heterocycles. The van der Waals surface area contributed by atoms with E-state index in [2.05, 4.69) is 15.3 Å². The van der Waals surface area contributed by atoms with E-state index in [4.69, 9.17) is 0 Å². The third-order valence-corrected chi connectivity index (χ3v) is 6.85. The van der Waals surface area contributed by atoms with Crippen LogP contribution in [0.1, 0.15) is 23.3 Å². The summed E-state index contributed by atoms with van der Waals surface area (Å²) >= 11 is 1.63. The molecule has 0 aliphatic carbocycles. The van der Waals surface area contributed by atoms with Crippen molar-refractivity contribution in [1.82, 2.24) is 19.9 Å². The smallest absolute Gasteiger partial charge is 0.295 e. The summed E-state index contributed by atoms with van der Waals surface area (Å²) in [5, 5.41) is 5.05. The summed E-state index contributed by atoms with van der Waals surface area (Å²) in [6, 6.07) is 17.6. The van der Waals surface area contributed by atoms with Gasteiger partial charge in [-0.2, -0.15) is 0 Å². The van der Waals surface area contributed by atoms with Crippen LogP contribution in [-0.4, -0.2) is 33.5 Å². The first-order valence-corrected chi connectivity index (χ1v) is 12.0. The second-order valence-electron chi connectivity index (χ2n) is 8.24. The predicted octanol–water partition coefficient (Wildman–Crippen LogP) is 3.43. The summed E-state index contributed by atoms with van der Waals surface area (Å²) in [6.07, 6.45) is 3.32. The first-order valence-electron chi connectivity index (χ1n) is 11.1. The van der Waals surface area contributed by atoms with Gasteiger partial charge in [-0.05, 0) is 42.0 Å². The number of amides is 1. The monoisotopic (exact) mass is 459 g/mol. The predicted molar refractivity (Wildman–Crippen MR) is 130 cm³/mol. The van der Waals surface area contributed by atoms with Crippen molar-refractivity contribution in [3.8, 4) is 0 Å². The molecule has 1 amide bonds. The Balaban J connectivity index is 1.42. The van der Waals surface area contributed by atoms with Gasteiger partial charge in [0.15, 0.2) is 11.5 Å². The summed E-state index contributed by atoms with van der Waals surface area (Å²) in [6.45, 7) is 2.14. The van der Waals surface area contributed by atoms with Gasteiger partial charge >= 0.3 is 0 Å². The van der Waals surface area contributed by atoms with E-state index in [1.165, 1.54) is 0 Å². The third kappa shape index (κ3) is 4.66. The van der Waals surface area contributed by atoms with Gasteiger partial charge in [0, 0.05) is 24.2 Å². The number of hydrogen-bond donors (Lipinski definition) is 1. The van der Waals surface area contributed by atoms with E-state index in [0.717, 1.165) is 23.3 Å². The highest BCUT2D eigenvalue weighted by Crippen LogP contribution is 2.22. The topological polar surface area (TPSA) is 80.1 Å². The van der Waals surface area contributed by atoms with E-state index in [-0.39, 0.29) is 17.4 Å². The Labute approximate surface area is 195 Å². The Morgan fingerprint density at radius 3 is 2.82 bits per heavy atom. The Morgan fingerprint density at radius 1 is 1.12 bits per heavy atom. The average molecular weight is 460 g/mol. The van der Waals surface area contributed by atoms with Gasteiger partial charge in [-0.1, -0.05) is 36.4 Å². The standard InChI is InChI=1S/C25H25N5O2S/c31-24(27-15-20-10-6-14-33-20)19-9-5-13-29(17-19)23-25(32)30(16-18-7-2-1-3-8-18)22-21(28-23)11-4-12-26-22/h1-4,6-8,10-12,14,19H,5,9,13,15-17H2,(H,27,31). The highest BCUT2D eigenvalue weighted by molar-refractivity contribution is 7.09. The molecule has 5 rings (SSSR count). The maximum Gasteiger partial charge on any atom is 0.295 e. The number of piperidine rings is 1. The van der Waals surface area contributed by atoms with Crippen molar-refractivity contribution in [1.29, 1.82) is 0 Å². The van der Waals surface area contributed by atoms with E-state index in [0.29, 0.717) is 43.2 Å². The summed E-state index contributed by atoms with van der Waals surface area (Å²) in [5.74, 6) is 0.245. The molecule has 1 unspecified atom stereocenters. The van der Waals surface area contributed by atoms with Gasteiger partial charge in [0.05, 0.1) is 19.0 Å². The number of rotatable bonds is 6. The largest absolute Gasteiger partial charge is 0.351 e. The molecular formula is C25H25N5O2S. The number of thiophene rings is 1. The lowest BCUT2D eigenvalue weighted by molar-refractivity contribution is -0.125. The molecule has 8 heteroatoms. The van der Waals surface area contributed by atoms with Crippen molar-refractivity contribution in [2.45, 2.75) is 25.9 Å². The maximum absolute atomic E-state index is 13.6. The van der Waals surface area contributed by atoms with Gasteiger partial charge in [0.25, 0.3) is 5.56 Å². The van der Waals surface area contributed by atoms with E-state index >= 15 is 0 Å². The lowest BCUT2D eigenvalue weighted by atomic mass is 9.97. The molecule has 0 bridgehead atoms. The maximum atomic E-state index is 13.6. The van der Waals surface area contributed by atoms with Crippen LogP contribution in [0.3, 0.4) is 0 Å². The summed E-state index contributed by atoms with van der Waals surface area (Å²) in [4.78, 5) is 38.6. The van der Waals surface area contributed by atoms with Gasteiger partial charge < -0.3 is 10.2 Å². The molecular weight excluding hydrogens is 434 g/mol. The molecule has 1 aromatic carbocycles. The highest BCUT2D eigenvalue weighted by Gasteiger charge is 2.28. The van der Waals surface area contributed by atoms with Crippen LogP contribution in [0.15, 0.2) is 71.0 Å². The van der Waals surface area contributed by atoms with Crippen molar-refractivity contribution in [2.24, 2.45) is 5.92 Å².